The first-order chi connectivity index (χ1) is 12.4. The lowest BCUT2D eigenvalue weighted by atomic mass is 9.98. The Labute approximate surface area is 150 Å². The molecule has 1 heterocycles. The number of ether oxygens (including phenoxy) is 1. The van der Waals surface area contributed by atoms with E-state index in [1.807, 2.05) is 54.6 Å². The first-order valence-electron chi connectivity index (χ1n) is 8.17. The minimum Gasteiger partial charge on any atom is -0.457 e. The van der Waals surface area contributed by atoms with Gasteiger partial charge in [-0.05, 0) is 36.8 Å². The van der Waals surface area contributed by atoms with Crippen LogP contribution in [0.15, 0.2) is 54.6 Å². The van der Waals surface area contributed by atoms with Crippen molar-refractivity contribution in [3.05, 3.63) is 60.2 Å². The van der Waals surface area contributed by atoms with Gasteiger partial charge in [0.1, 0.15) is 17.0 Å². The van der Waals surface area contributed by atoms with E-state index in [1.165, 1.54) is 6.92 Å². The Morgan fingerprint density at radius 3 is 2.31 bits per heavy atom. The predicted molar refractivity (Wildman–Crippen MR) is 94.5 cm³/mol. The van der Waals surface area contributed by atoms with Crippen LogP contribution in [0.25, 0.3) is 0 Å². The quantitative estimate of drug-likeness (QED) is 0.693. The summed E-state index contributed by atoms with van der Waals surface area (Å²) in [5.41, 5.74) is -0.321. The Morgan fingerprint density at radius 2 is 1.69 bits per heavy atom. The van der Waals surface area contributed by atoms with Crippen LogP contribution in [-0.2, 0) is 16.1 Å². The van der Waals surface area contributed by atoms with Crippen LogP contribution in [0.3, 0.4) is 0 Å². The fraction of sp³-hybridized carbons (Fsp3) is 0.211. The van der Waals surface area contributed by atoms with Crippen molar-refractivity contribution in [2.45, 2.75) is 25.4 Å². The van der Waals surface area contributed by atoms with Gasteiger partial charge in [0.05, 0.1) is 6.42 Å². The third-order valence-corrected chi connectivity index (χ3v) is 4.02. The fourth-order valence-electron chi connectivity index (χ4n) is 2.59. The number of nitrogens with one attached hydrogen (secondary N) is 3. The molecule has 0 aliphatic carbocycles. The lowest BCUT2D eigenvalue weighted by Gasteiger charge is -2.19. The molecule has 2 aromatic carbocycles. The molecule has 0 saturated carbocycles. The molecule has 0 aromatic heterocycles. The number of rotatable bonds is 6. The Bertz CT molecular complexity index is 820. The predicted octanol–water partition coefficient (Wildman–Crippen LogP) is 2.08. The summed E-state index contributed by atoms with van der Waals surface area (Å²) >= 11 is 0. The molecule has 7 heteroatoms. The molecule has 3 rings (SSSR count). The summed E-state index contributed by atoms with van der Waals surface area (Å²) in [6, 6.07) is 16.2. The first kappa shape index (κ1) is 17.5. The summed E-state index contributed by atoms with van der Waals surface area (Å²) < 4.78 is 5.71. The number of hydrogen-bond donors (Lipinski definition) is 3. The standard InChI is InChI=1S/C19H19N3O4/c1-19(17(24)21-18(25)22-19)11-16(23)20-12-13-7-9-15(10-8-13)26-14-5-3-2-4-6-14/h2-10H,11-12H2,1H3,(H,20,23)(H2,21,22,24,25). The molecule has 4 amide bonds. The monoisotopic (exact) mass is 353 g/mol. The van der Waals surface area contributed by atoms with Gasteiger partial charge in [0, 0.05) is 6.54 Å². The summed E-state index contributed by atoms with van der Waals surface area (Å²) in [6.45, 7) is 1.83. The second kappa shape index (κ2) is 7.26. The molecule has 1 atom stereocenters. The molecule has 1 aliphatic heterocycles. The van der Waals surface area contributed by atoms with Crippen molar-refractivity contribution in [2.75, 3.05) is 0 Å². The maximum Gasteiger partial charge on any atom is 0.322 e. The zero-order valence-corrected chi connectivity index (χ0v) is 14.2. The molecule has 1 aliphatic rings. The van der Waals surface area contributed by atoms with Gasteiger partial charge in [-0.2, -0.15) is 0 Å². The van der Waals surface area contributed by atoms with E-state index in [0.29, 0.717) is 12.3 Å². The Balaban J connectivity index is 1.51. The largest absolute Gasteiger partial charge is 0.457 e. The van der Waals surface area contributed by atoms with E-state index < -0.39 is 17.5 Å². The number of imide groups is 1. The number of para-hydroxylation sites is 1. The van der Waals surface area contributed by atoms with Gasteiger partial charge in [-0.25, -0.2) is 4.79 Å². The lowest BCUT2D eigenvalue weighted by Crippen LogP contribution is -2.47. The van der Waals surface area contributed by atoms with Crippen molar-refractivity contribution < 1.29 is 19.1 Å². The second-order valence-corrected chi connectivity index (χ2v) is 6.25. The van der Waals surface area contributed by atoms with Crippen LogP contribution in [0.1, 0.15) is 18.9 Å². The topological polar surface area (TPSA) is 96.5 Å². The number of hydrogen-bond acceptors (Lipinski definition) is 4. The van der Waals surface area contributed by atoms with E-state index in [0.717, 1.165) is 11.3 Å². The minimum absolute atomic E-state index is 0.125. The second-order valence-electron chi connectivity index (χ2n) is 6.25. The Hall–Kier alpha value is -3.35. The van der Waals surface area contributed by atoms with Crippen LogP contribution in [0.4, 0.5) is 4.79 Å². The van der Waals surface area contributed by atoms with E-state index in [9.17, 15) is 14.4 Å². The molecule has 0 radical (unpaired) electrons. The molecule has 26 heavy (non-hydrogen) atoms. The average molecular weight is 353 g/mol. The van der Waals surface area contributed by atoms with E-state index in [-0.39, 0.29) is 12.3 Å². The van der Waals surface area contributed by atoms with Crippen LogP contribution in [0.5, 0.6) is 11.5 Å². The van der Waals surface area contributed by atoms with Crippen molar-refractivity contribution in [3.8, 4) is 11.5 Å². The van der Waals surface area contributed by atoms with Crippen molar-refractivity contribution in [1.29, 1.82) is 0 Å². The van der Waals surface area contributed by atoms with Gasteiger partial charge in [0.25, 0.3) is 5.91 Å². The number of urea groups is 1. The summed E-state index contributed by atoms with van der Waals surface area (Å²) in [6.07, 6.45) is -0.125. The van der Waals surface area contributed by atoms with E-state index >= 15 is 0 Å². The number of carbonyl (C=O) groups is 3. The van der Waals surface area contributed by atoms with Crippen molar-refractivity contribution >= 4 is 17.8 Å². The van der Waals surface area contributed by atoms with Gasteiger partial charge in [-0.15, -0.1) is 0 Å². The third kappa shape index (κ3) is 4.18. The maximum atomic E-state index is 12.1. The highest BCUT2D eigenvalue weighted by Crippen LogP contribution is 2.21. The van der Waals surface area contributed by atoms with E-state index in [4.69, 9.17) is 4.74 Å². The van der Waals surface area contributed by atoms with E-state index in [2.05, 4.69) is 16.0 Å². The van der Waals surface area contributed by atoms with Crippen LogP contribution in [-0.4, -0.2) is 23.4 Å². The Morgan fingerprint density at radius 1 is 1.04 bits per heavy atom. The number of benzene rings is 2. The van der Waals surface area contributed by atoms with Crippen molar-refractivity contribution in [1.82, 2.24) is 16.0 Å². The average Bonchev–Trinajstić information content (AvgIpc) is 2.86. The molecule has 7 nitrogen and oxygen atoms in total. The van der Waals surface area contributed by atoms with Gasteiger partial charge < -0.3 is 15.4 Å². The minimum atomic E-state index is -1.21. The molecule has 0 spiro atoms. The third-order valence-electron chi connectivity index (χ3n) is 4.02. The highest BCUT2D eigenvalue weighted by atomic mass is 16.5. The summed E-state index contributed by atoms with van der Waals surface area (Å²) in [7, 11) is 0. The summed E-state index contributed by atoms with van der Waals surface area (Å²) in [5, 5.41) is 7.34. The molecule has 3 N–H and O–H groups in total. The van der Waals surface area contributed by atoms with Gasteiger partial charge in [-0.1, -0.05) is 30.3 Å². The first-order valence-corrected chi connectivity index (χ1v) is 8.17. The Kier molecular flexibility index (Phi) is 4.88. The zero-order chi connectivity index (χ0) is 18.6. The molecule has 2 aromatic rings. The van der Waals surface area contributed by atoms with Crippen molar-refractivity contribution in [2.24, 2.45) is 0 Å². The molecule has 0 bridgehead atoms. The van der Waals surface area contributed by atoms with Crippen LogP contribution in [0.2, 0.25) is 0 Å². The molecule has 1 unspecified atom stereocenters. The SMILES string of the molecule is CC1(CC(=O)NCc2ccc(Oc3ccccc3)cc2)NC(=O)NC1=O. The van der Waals surface area contributed by atoms with Crippen LogP contribution >= 0.6 is 0 Å². The lowest BCUT2D eigenvalue weighted by molar-refractivity contribution is -0.129. The molecular formula is C19H19N3O4. The summed E-state index contributed by atoms with van der Waals surface area (Å²) in [5.74, 6) is 0.623. The van der Waals surface area contributed by atoms with Gasteiger partial charge in [-0.3, -0.25) is 14.9 Å². The molecule has 1 fully saturated rings. The number of carbonyl (C=O) groups excluding carboxylic acids is 3. The van der Waals surface area contributed by atoms with Crippen LogP contribution < -0.4 is 20.7 Å². The summed E-state index contributed by atoms with van der Waals surface area (Å²) in [4.78, 5) is 35.0. The highest BCUT2D eigenvalue weighted by Gasteiger charge is 2.43. The fourth-order valence-corrected chi connectivity index (χ4v) is 2.59. The number of amides is 4. The van der Waals surface area contributed by atoms with Gasteiger partial charge in [0.15, 0.2) is 0 Å². The maximum absolute atomic E-state index is 12.1. The smallest absolute Gasteiger partial charge is 0.322 e. The normalized spacial score (nSPS) is 18.8. The highest BCUT2D eigenvalue weighted by molar-refractivity contribution is 6.08. The van der Waals surface area contributed by atoms with Gasteiger partial charge >= 0.3 is 6.03 Å². The van der Waals surface area contributed by atoms with Gasteiger partial charge in [0.2, 0.25) is 5.91 Å². The molecular weight excluding hydrogens is 334 g/mol. The van der Waals surface area contributed by atoms with E-state index in [1.54, 1.807) is 0 Å². The van der Waals surface area contributed by atoms with Crippen molar-refractivity contribution in [3.63, 3.8) is 0 Å². The molecule has 1 saturated heterocycles. The molecule has 134 valence electrons. The van der Waals surface area contributed by atoms with Crippen LogP contribution in [0, 0.1) is 0 Å². The zero-order valence-electron chi connectivity index (χ0n) is 14.2.